The molecule has 0 bridgehead atoms. The molecule has 0 aromatic rings. The Bertz CT molecular complexity index is 417. The highest BCUT2D eigenvalue weighted by atomic mass is 16.4. The molecule has 0 aromatic heterocycles. The third-order valence-corrected chi connectivity index (χ3v) is 6.05. The van der Waals surface area contributed by atoms with Crippen LogP contribution in [-0.4, -0.2) is 61.8 Å². The first-order chi connectivity index (χ1) is 14.3. The van der Waals surface area contributed by atoms with E-state index in [0.717, 1.165) is 51.4 Å². The van der Waals surface area contributed by atoms with Gasteiger partial charge in [0.05, 0.1) is 6.61 Å². The van der Waals surface area contributed by atoms with Gasteiger partial charge in [0.1, 0.15) is 18.3 Å². The predicted octanol–water partition coefficient (Wildman–Crippen LogP) is 3.64. The molecule has 30 heavy (non-hydrogen) atoms. The van der Waals surface area contributed by atoms with Crippen molar-refractivity contribution in [3.8, 4) is 0 Å². The summed E-state index contributed by atoms with van der Waals surface area (Å²) in [6.07, 6.45) is 9.35. The van der Waals surface area contributed by atoms with E-state index >= 15 is 0 Å². The van der Waals surface area contributed by atoms with Gasteiger partial charge in [-0.1, -0.05) is 97.3 Å². The van der Waals surface area contributed by atoms with Crippen molar-refractivity contribution < 1.29 is 30.3 Å². The summed E-state index contributed by atoms with van der Waals surface area (Å²) in [5, 5.41) is 50.3. The van der Waals surface area contributed by atoms with Crippen LogP contribution in [0.15, 0.2) is 0 Å². The van der Waals surface area contributed by atoms with E-state index in [9.17, 15) is 25.2 Å². The molecule has 4 unspecified atom stereocenters. The number of ketones is 1. The SMILES string of the molecule is CCCCCCCCCCC(=O)C(O)(CCCCCCCC)C(O)C(O)C(O)CO. The normalized spacial score (nSPS) is 16.8. The van der Waals surface area contributed by atoms with Gasteiger partial charge in [0.25, 0.3) is 0 Å². The van der Waals surface area contributed by atoms with E-state index in [1.165, 1.54) is 25.7 Å². The van der Waals surface area contributed by atoms with Crippen LogP contribution in [0, 0.1) is 0 Å². The second kappa shape index (κ2) is 18.1. The summed E-state index contributed by atoms with van der Waals surface area (Å²) in [6.45, 7) is 3.56. The quantitative estimate of drug-likeness (QED) is 0.177. The van der Waals surface area contributed by atoms with Crippen LogP contribution in [0.2, 0.25) is 0 Å². The maximum absolute atomic E-state index is 12.8. The summed E-state index contributed by atoms with van der Waals surface area (Å²) in [7, 11) is 0. The molecular formula is C24H48O6. The summed E-state index contributed by atoms with van der Waals surface area (Å²) in [4.78, 5) is 12.8. The fourth-order valence-corrected chi connectivity index (χ4v) is 3.86. The molecule has 5 N–H and O–H groups in total. The Kier molecular flexibility index (Phi) is 17.8. The molecule has 0 aliphatic rings. The van der Waals surface area contributed by atoms with Crippen molar-refractivity contribution in [1.82, 2.24) is 0 Å². The molecule has 0 heterocycles. The van der Waals surface area contributed by atoms with Crippen LogP contribution in [0.25, 0.3) is 0 Å². The molecule has 0 saturated heterocycles. The van der Waals surface area contributed by atoms with Crippen LogP contribution in [0.4, 0.5) is 0 Å². The Balaban J connectivity index is 4.66. The van der Waals surface area contributed by atoms with Gasteiger partial charge in [0.2, 0.25) is 0 Å². The molecule has 6 nitrogen and oxygen atoms in total. The van der Waals surface area contributed by atoms with Gasteiger partial charge in [-0.15, -0.1) is 0 Å². The monoisotopic (exact) mass is 432 g/mol. The van der Waals surface area contributed by atoms with Crippen LogP contribution in [-0.2, 0) is 4.79 Å². The number of aliphatic hydroxyl groups excluding tert-OH is 4. The van der Waals surface area contributed by atoms with Gasteiger partial charge in [-0.3, -0.25) is 4.79 Å². The largest absolute Gasteiger partial charge is 0.394 e. The summed E-state index contributed by atoms with van der Waals surface area (Å²) < 4.78 is 0. The van der Waals surface area contributed by atoms with Crippen molar-refractivity contribution in [2.24, 2.45) is 0 Å². The van der Waals surface area contributed by atoms with E-state index in [0.29, 0.717) is 12.8 Å². The zero-order valence-corrected chi connectivity index (χ0v) is 19.4. The highest BCUT2D eigenvalue weighted by Crippen LogP contribution is 2.27. The maximum Gasteiger partial charge on any atom is 0.167 e. The van der Waals surface area contributed by atoms with Crippen molar-refractivity contribution in [1.29, 1.82) is 0 Å². The number of unbranched alkanes of at least 4 members (excludes halogenated alkanes) is 12. The predicted molar refractivity (Wildman–Crippen MR) is 120 cm³/mol. The first kappa shape index (κ1) is 29.5. The van der Waals surface area contributed by atoms with Crippen LogP contribution < -0.4 is 0 Å². The van der Waals surface area contributed by atoms with Crippen molar-refractivity contribution in [3.05, 3.63) is 0 Å². The Labute approximate surface area is 183 Å². The molecule has 0 aliphatic heterocycles. The molecular weight excluding hydrogens is 384 g/mol. The van der Waals surface area contributed by atoms with Crippen molar-refractivity contribution >= 4 is 5.78 Å². The molecule has 4 atom stereocenters. The average Bonchev–Trinajstić information content (AvgIpc) is 2.75. The van der Waals surface area contributed by atoms with Gasteiger partial charge in [-0.25, -0.2) is 0 Å². The molecule has 0 amide bonds. The average molecular weight is 433 g/mol. The summed E-state index contributed by atoms with van der Waals surface area (Å²) in [6, 6.07) is 0. The number of Topliss-reactive ketones (excluding diaryl/α,β-unsaturated/α-hetero) is 1. The lowest BCUT2D eigenvalue weighted by atomic mass is 9.80. The van der Waals surface area contributed by atoms with Gasteiger partial charge < -0.3 is 25.5 Å². The Morgan fingerprint density at radius 1 is 0.733 bits per heavy atom. The van der Waals surface area contributed by atoms with Crippen LogP contribution in [0.1, 0.15) is 117 Å². The smallest absolute Gasteiger partial charge is 0.167 e. The minimum Gasteiger partial charge on any atom is -0.394 e. The molecule has 6 heteroatoms. The van der Waals surface area contributed by atoms with Gasteiger partial charge in [-0.05, 0) is 12.8 Å². The topological polar surface area (TPSA) is 118 Å². The molecule has 180 valence electrons. The molecule has 0 fully saturated rings. The lowest BCUT2D eigenvalue weighted by molar-refractivity contribution is -0.176. The number of aliphatic hydroxyl groups is 5. The van der Waals surface area contributed by atoms with E-state index in [2.05, 4.69) is 13.8 Å². The van der Waals surface area contributed by atoms with Crippen LogP contribution >= 0.6 is 0 Å². The van der Waals surface area contributed by atoms with Crippen LogP contribution in [0.5, 0.6) is 0 Å². The molecule has 0 saturated carbocycles. The third kappa shape index (κ3) is 11.8. The number of carbonyl (C=O) groups excluding carboxylic acids is 1. The summed E-state index contributed by atoms with van der Waals surface area (Å²) >= 11 is 0. The summed E-state index contributed by atoms with van der Waals surface area (Å²) in [5.74, 6) is -0.487. The Morgan fingerprint density at radius 2 is 1.17 bits per heavy atom. The van der Waals surface area contributed by atoms with Crippen molar-refractivity contribution in [2.75, 3.05) is 6.61 Å². The zero-order chi connectivity index (χ0) is 22.8. The first-order valence-corrected chi connectivity index (χ1v) is 12.3. The van der Waals surface area contributed by atoms with Crippen molar-refractivity contribution in [3.63, 3.8) is 0 Å². The highest BCUT2D eigenvalue weighted by Gasteiger charge is 2.46. The molecule has 0 aliphatic carbocycles. The van der Waals surface area contributed by atoms with E-state index < -0.39 is 36.3 Å². The van der Waals surface area contributed by atoms with Gasteiger partial charge in [0.15, 0.2) is 11.4 Å². The third-order valence-electron chi connectivity index (χ3n) is 6.05. The fraction of sp³-hybridized carbons (Fsp3) is 0.958. The van der Waals surface area contributed by atoms with E-state index in [-0.39, 0.29) is 12.8 Å². The van der Waals surface area contributed by atoms with Crippen LogP contribution in [0.3, 0.4) is 0 Å². The minimum absolute atomic E-state index is 0.0470. The van der Waals surface area contributed by atoms with E-state index in [4.69, 9.17) is 5.11 Å². The first-order valence-electron chi connectivity index (χ1n) is 12.3. The number of carbonyl (C=O) groups is 1. The Morgan fingerprint density at radius 3 is 1.63 bits per heavy atom. The summed E-state index contributed by atoms with van der Waals surface area (Å²) in [5.41, 5.74) is -2.10. The van der Waals surface area contributed by atoms with Gasteiger partial charge in [0, 0.05) is 6.42 Å². The molecule has 0 aromatic carbocycles. The fourth-order valence-electron chi connectivity index (χ4n) is 3.86. The molecule has 0 radical (unpaired) electrons. The number of hydrogen-bond donors (Lipinski definition) is 5. The lowest BCUT2D eigenvalue weighted by Crippen LogP contribution is -2.58. The molecule has 0 rings (SSSR count). The van der Waals surface area contributed by atoms with E-state index in [1.54, 1.807) is 0 Å². The number of hydrogen-bond acceptors (Lipinski definition) is 6. The second-order valence-corrected chi connectivity index (χ2v) is 8.78. The van der Waals surface area contributed by atoms with Gasteiger partial charge >= 0.3 is 0 Å². The lowest BCUT2D eigenvalue weighted by Gasteiger charge is -2.35. The Hall–Kier alpha value is -0.530. The molecule has 0 spiro atoms. The highest BCUT2D eigenvalue weighted by molar-refractivity contribution is 5.87. The van der Waals surface area contributed by atoms with Gasteiger partial charge in [-0.2, -0.15) is 0 Å². The minimum atomic E-state index is -2.10. The van der Waals surface area contributed by atoms with E-state index in [1.807, 2.05) is 0 Å². The van der Waals surface area contributed by atoms with Crippen molar-refractivity contribution in [2.45, 2.75) is 140 Å². The number of rotatable bonds is 21. The standard InChI is InChI=1S/C24H48O6/c1-3-5-7-9-11-12-13-15-17-21(27)24(30,18-16-14-10-8-6-4-2)23(29)22(28)20(26)19-25/h20,22-23,25-26,28-30H,3-19H2,1-2H3. The maximum atomic E-state index is 12.8. The zero-order valence-electron chi connectivity index (χ0n) is 19.4. The second-order valence-electron chi connectivity index (χ2n) is 8.78.